The lowest BCUT2D eigenvalue weighted by molar-refractivity contribution is 1.01. The molecule has 7 aromatic carbocycles. The lowest BCUT2D eigenvalue weighted by Gasteiger charge is -2.20. The SMILES string of the molecule is c1ccc2c(c1)Sc1cccc3nc(-n4c5ccc6ccccc6c5c5c6cccc7c6c(cc54)-c4ccccc4-7)nc-2c13. The van der Waals surface area contributed by atoms with Crippen LogP contribution in [-0.4, -0.2) is 14.5 Å². The van der Waals surface area contributed by atoms with Crippen molar-refractivity contribution < 1.29 is 0 Å². The van der Waals surface area contributed by atoms with Gasteiger partial charge in [0.15, 0.2) is 0 Å². The number of nitrogens with zero attached hydrogens (tertiary/aromatic N) is 3. The molecule has 0 unspecified atom stereocenters. The molecule has 44 heavy (non-hydrogen) atoms. The largest absolute Gasteiger partial charge is 0.278 e. The molecular formula is C40H21N3S. The van der Waals surface area contributed by atoms with Crippen molar-refractivity contribution in [2.45, 2.75) is 9.79 Å². The molecular weight excluding hydrogens is 555 g/mol. The number of hydrogen-bond acceptors (Lipinski definition) is 3. The third-order valence-corrected chi connectivity index (χ3v) is 10.7. The van der Waals surface area contributed by atoms with E-state index in [1.807, 2.05) is 0 Å². The van der Waals surface area contributed by atoms with Gasteiger partial charge in [0.05, 0.1) is 22.2 Å². The maximum Gasteiger partial charge on any atom is 0.235 e. The molecule has 4 heteroatoms. The molecule has 3 nitrogen and oxygen atoms in total. The molecule has 0 spiro atoms. The standard InChI is InChI=1S/C40H21N3S/c1-2-10-23-22(9-1)19-20-31-36(23)37-28-15-7-14-26-24-11-3-4-12-25(24)29(35(26)28)21-32(37)43(31)40-41-30-16-8-18-34-38(30)39(42-40)27-13-5-6-17-33(27)44-34/h1-21H. The molecule has 0 N–H and O–H groups in total. The van der Waals surface area contributed by atoms with E-state index in [1.54, 1.807) is 11.8 Å². The van der Waals surface area contributed by atoms with E-state index in [9.17, 15) is 0 Å². The first kappa shape index (κ1) is 23.1. The summed E-state index contributed by atoms with van der Waals surface area (Å²) in [5, 5.41) is 8.73. The first-order valence-corrected chi connectivity index (χ1v) is 15.7. The maximum absolute atomic E-state index is 5.43. The summed E-state index contributed by atoms with van der Waals surface area (Å²) in [7, 11) is 0. The quantitative estimate of drug-likeness (QED) is 0.195. The molecule has 0 amide bonds. The van der Waals surface area contributed by atoms with Gasteiger partial charge in [-0.3, -0.25) is 4.57 Å². The molecule has 0 atom stereocenters. The molecule has 11 rings (SSSR count). The van der Waals surface area contributed by atoms with Crippen LogP contribution in [0.2, 0.25) is 0 Å². The minimum absolute atomic E-state index is 0.704. The van der Waals surface area contributed by atoms with Crippen LogP contribution in [0, 0.1) is 0 Å². The van der Waals surface area contributed by atoms with Crippen molar-refractivity contribution in [3.63, 3.8) is 0 Å². The van der Waals surface area contributed by atoms with E-state index in [4.69, 9.17) is 9.97 Å². The van der Waals surface area contributed by atoms with E-state index in [0.29, 0.717) is 5.95 Å². The van der Waals surface area contributed by atoms with Gasteiger partial charge in [0, 0.05) is 31.5 Å². The minimum atomic E-state index is 0.704. The maximum atomic E-state index is 5.43. The molecule has 0 bridgehead atoms. The predicted molar refractivity (Wildman–Crippen MR) is 183 cm³/mol. The Morgan fingerprint density at radius 3 is 2.09 bits per heavy atom. The number of hydrogen-bond donors (Lipinski definition) is 0. The van der Waals surface area contributed by atoms with Crippen LogP contribution >= 0.6 is 11.8 Å². The highest BCUT2D eigenvalue weighted by molar-refractivity contribution is 7.99. The topological polar surface area (TPSA) is 30.7 Å². The van der Waals surface area contributed by atoms with Crippen molar-refractivity contribution in [3.05, 3.63) is 127 Å². The van der Waals surface area contributed by atoms with Crippen molar-refractivity contribution in [3.8, 4) is 39.5 Å². The lowest BCUT2D eigenvalue weighted by Crippen LogP contribution is -2.05. The van der Waals surface area contributed by atoms with E-state index in [0.717, 1.165) is 27.6 Å². The molecule has 0 saturated carbocycles. The monoisotopic (exact) mass is 575 g/mol. The molecule has 1 aliphatic heterocycles. The highest BCUT2D eigenvalue weighted by Crippen LogP contribution is 2.52. The lowest BCUT2D eigenvalue weighted by atomic mass is 9.96. The molecule has 9 aromatic rings. The molecule has 0 radical (unpaired) electrons. The van der Waals surface area contributed by atoms with Crippen LogP contribution in [0.5, 0.6) is 0 Å². The summed E-state index contributed by atoms with van der Waals surface area (Å²) in [6, 6.07) is 46.2. The van der Waals surface area contributed by atoms with Gasteiger partial charge >= 0.3 is 0 Å². The Kier molecular flexibility index (Phi) is 4.26. The van der Waals surface area contributed by atoms with Gasteiger partial charge in [-0.1, -0.05) is 109 Å². The molecule has 0 fully saturated rings. The average Bonchev–Trinajstić information content (AvgIpc) is 3.59. The first-order chi connectivity index (χ1) is 21.8. The van der Waals surface area contributed by atoms with Gasteiger partial charge in [0.25, 0.3) is 0 Å². The molecule has 3 heterocycles. The Hall–Kier alpha value is -5.45. The third kappa shape index (κ3) is 2.80. The highest BCUT2D eigenvalue weighted by Gasteiger charge is 2.28. The van der Waals surface area contributed by atoms with Crippen LogP contribution in [0.15, 0.2) is 137 Å². The number of fused-ring (bicyclic) bond motifs is 11. The van der Waals surface area contributed by atoms with E-state index in [-0.39, 0.29) is 0 Å². The predicted octanol–water partition coefficient (Wildman–Crippen LogP) is 10.8. The van der Waals surface area contributed by atoms with E-state index >= 15 is 0 Å². The van der Waals surface area contributed by atoms with Gasteiger partial charge in [-0.2, -0.15) is 0 Å². The second kappa shape index (κ2) is 8.13. The van der Waals surface area contributed by atoms with Crippen LogP contribution in [0.25, 0.3) is 93.7 Å². The van der Waals surface area contributed by atoms with Gasteiger partial charge in [0.2, 0.25) is 5.95 Å². The molecule has 202 valence electrons. The Morgan fingerprint density at radius 1 is 0.455 bits per heavy atom. The van der Waals surface area contributed by atoms with Crippen LogP contribution < -0.4 is 0 Å². The zero-order valence-electron chi connectivity index (χ0n) is 23.4. The molecule has 2 aromatic heterocycles. The zero-order valence-corrected chi connectivity index (χ0v) is 24.2. The summed E-state index contributed by atoms with van der Waals surface area (Å²) < 4.78 is 2.31. The van der Waals surface area contributed by atoms with Gasteiger partial charge < -0.3 is 0 Å². The van der Waals surface area contributed by atoms with Crippen molar-refractivity contribution in [2.24, 2.45) is 0 Å². The third-order valence-electron chi connectivity index (χ3n) is 9.52. The Bertz CT molecular complexity index is 2750. The van der Waals surface area contributed by atoms with Crippen LogP contribution in [0.4, 0.5) is 0 Å². The van der Waals surface area contributed by atoms with Gasteiger partial charge in [-0.05, 0) is 74.1 Å². The first-order valence-electron chi connectivity index (χ1n) is 14.9. The number of rotatable bonds is 1. The zero-order chi connectivity index (χ0) is 28.5. The Morgan fingerprint density at radius 2 is 1.16 bits per heavy atom. The van der Waals surface area contributed by atoms with Gasteiger partial charge in [-0.15, -0.1) is 0 Å². The molecule has 2 aliphatic rings. The van der Waals surface area contributed by atoms with Crippen molar-refractivity contribution in [2.75, 3.05) is 0 Å². The summed E-state index contributed by atoms with van der Waals surface area (Å²) in [6.45, 7) is 0. The number of benzene rings is 7. The van der Waals surface area contributed by atoms with Crippen molar-refractivity contribution in [1.82, 2.24) is 14.5 Å². The Balaban J connectivity index is 1.36. The number of aromatic nitrogens is 3. The summed E-state index contributed by atoms with van der Waals surface area (Å²) in [6.07, 6.45) is 0. The molecule has 0 saturated heterocycles. The fourth-order valence-electron chi connectivity index (χ4n) is 7.74. The van der Waals surface area contributed by atoms with Crippen LogP contribution in [0.3, 0.4) is 0 Å². The van der Waals surface area contributed by atoms with Crippen molar-refractivity contribution >= 4 is 66.0 Å². The smallest absolute Gasteiger partial charge is 0.235 e. The van der Waals surface area contributed by atoms with E-state index in [1.165, 1.54) is 69.9 Å². The van der Waals surface area contributed by atoms with Crippen LogP contribution in [0.1, 0.15) is 0 Å². The van der Waals surface area contributed by atoms with Crippen molar-refractivity contribution in [1.29, 1.82) is 0 Å². The fourth-order valence-corrected chi connectivity index (χ4v) is 8.85. The summed E-state index contributed by atoms with van der Waals surface area (Å²) >= 11 is 1.80. The normalized spacial score (nSPS) is 12.9. The second-order valence-corrected chi connectivity index (χ2v) is 12.8. The van der Waals surface area contributed by atoms with E-state index in [2.05, 4.69) is 132 Å². The Labute approximate surface area is 256 Å². The summed E-state index contributed by atoms with van der Waals surface area (Å²) in [4.78, 5) is 13.2. The van der Waals surface area contributed by atoms with E-state index < -0.39 is 0 Å². The van der Waals surface area contributed by atoms with Crippen LogP contribution in [-0.2, 0) is 0 Å². The fraction of sp³-hybridized carbons (Fsp3) is 0. The highest BCUT2D eigenvalue weighted by atomic mass is 32.2. The summed E-state index contributed by atoms with van der Waals surface area (Å²) in [5.41, 5.74) is 10.6. The second-order valence-electron chi connectivity index (χ2n) is 11.7. The summed E-state index contributed by atoms with van der Waals surface area (Å²) in [5.74, 6) is 0.704. The van der Waals surface area contributed by atoms with Gasteiger partial charge in [-0.25, -0.2) is 9.97 Å². The average molecular weight is 576 g/mol. The molecule has 1 aliphatic carbocycles. The van der Waals surface area contributed by atoms with Gasteiger partial charge in [0.1, 0.15) is 0 Å². The minimum Gasteiger partial charge on any atom is -0.278 e.